The molecule has 0 unspecified atom stereocenters. The molecule has 3 rings (SSSR count). The molecule has 0 aromatic carbocycles. The third-order valence-electron chi connectivity index (χ3n) is 6.23. The highest BCUT2D eigenvalue weighted by molar-refractivity contribution is 4.96. The Morgan fingerprint density at radius 2 is 1.03 bits per heavy atom. The number of aliphatic hydroxyl groups is 8. The second kappa shape index (κ2) is 11.0. The predicted molar refractivity (Wildman–Crippen MR) is 103 cm³/mol. The molecule has 0 bridgehead atoms. The summed E-state index contributed by atoms with van der Waals surface area (Å²) in [6.45, 7) is 2.24. The van der Waals surface area contributed by atoms with Crippen LogP contribution in [0.4, 0.5) is 0 Å². The van der Waals surface area contributed by atoms with Crippen molar-refractivity contribution in [3.8, 4) is 0 Å². The zero-order chi connectivity index (χ0) is 24.6. The summed E-state index contributed by atoms with van der Waals surface area (Å²) in [6, 6.07) is 0. The van der Waals surface area contributed by atoms with Crippen LogP contribution in [0.3, 0.4) is 0 Å². The first-order valence-corrected chi connectivity index (χ1v) is 10.7. The maximum Gasteiger partial charge on any atom is 0.187 e. The van der Waals surface area contributed by atoms with Crippen molar-refractivity contribution in [2.24, 2.45) is 0 Å². The van der Waals surface area contributed by atoms with E-state index >= 15 is 0 Å². The number of methoxy groups -OCH3 is 1. The largest absolute Gasteiger partial charge is 0.394 e. The van der Waals surface area contributed by atoms with Crippen LogP contribution in [0.5, 0.6) is 0 Å². The lowest BCUT2D eigenvalue weighted by Crippen LogP contribution is -2.66. The van der Waals surface area contributed by atoms with Crippen molar-refractivity contribution in [1.29, 1.82) is 0 Å². The lowest BCUT2D eigenvalue weighted by Gasteiger charge is -2.48. The van der Waals surface area contributed by atoms with Gasteiger partial charge in [-0.25, -0.2) is 0 Å². The summed E-state index contributed by atoms with van der Waals surface area (Å²) in [5, 5.41) is 81.2. The Morgan fingerprint density at radius 3 is 1.45 bits per heavy atom. The maximum atomic E-state index is 10.8. The molecule has 0 saturated carbocycles. The molecule has 15 atom stereocenters. The first-order chi connectivity index (χ1) is 15.5. The van der Waals surface area contributed by atoms with Crippen molar-refractivity contribution in [2.75, 3.05) is 13.7 Å². The van der Waals surface area contributed by atoms with E-state index in [2.05, 4.69) is 0 Å². The molecule has 0 spiro atoms. The molecule has 3 saturated heterocycles. The minimum Gasteiger partial charge on any atom is -0.394 e. The van der Waals surface area contributed by atoms with Gasteiger partial charge in [-0.15, -0.1) is 0 Å². The summed E-state index contributed by atoms with van der Waals surface area (Å²) in [5.41, 5.74) is 0. The molecule has 14 nitrogen and oxygen atoms in total. The summed E-state index contributed by atoms with van der Waals surface area (Å²) in [5.74, 6) is 0. The third kappa shape index (κ3) is 5.34. The molecular weight excluding hydrogens is 452 g/mol. The molecule has 0 radical (unpaired) electrons. The quantitative estimate of drug-likeness (QED) is 0.177. The second-order valence-electron chi connectivity index (χ2n) is 8.52. The fourth-order valence-electron chi connectivity index (χ4n) is 4.12. The normalized spacial score (nSPS) is 53.7. The standard InChI is InChI=1S/C19H34O14/c1-5-8(21)10(23)12(25)18(29-5)32-15-7(4-20)31-17(28-3)14(27)16(15)33-19-13(26)11(24)9(22)6(2)30-19/h5-27H,4H2,1-3H3/t5-,6-,7+,8+,9+,10+,11+,12-,13-,14+,15-,16+,17-,18+,19-/m0/s1. The molecular formula is C19H34O14. The van der Waals surface area contributed by atoms with E-state index in [0.717, 1.165) is 0 Å². The highest BCUT2D eigenvalue weighted by atomic mass is 16.8. The van der Waals surface area contributed by atoms with Crippen LogP contribution in [0.2, 0.25) is 0 Å². The van der Waals surface area contributed by atoms with Crippen LogP contribution < -0.4 is 0 Å². The van der Waals surface area contributed by atoms with Crippen LogP contribution in [0.15, 0.2) is 0 Å². The van der Waals surface area contributed by atoms with Gasteiger partial charge >= 0.3 is 0 Å². The molecule has 3 heterocycles. The van der Waals surface area contributed by atoms with E-state index in [1.54, 1.807) is 0 Å². The van der Waals surface area contributed by atoms with Crippen molar-refractivity contribution >= 4 is 0 Å². The molecule has 0 aliphatic carbocycles. The van der Waals surface area contributed by atoms with E-state index in [9.17, 15) is 40.9 Å². The molecule has 3 aliphatic heterocycles. The molecule has 3 aliphatic rings. The van der Waals surface area contributed by atoms with Crippen molar-refractivity contribution in [1.82, 2.24) is 0 Å². The Hall–Kier alpha value is -0.560. The second-order valence-corrected chi connectivity index (χ2v) is 8.52. The van der Waals surface area contributed by atoms with Gasteiger partial charge in [0, 0.05) is 7.11 Å². The minimum atomic E-state index is -1.70. The lowest BCUT2D eigenvalue weighted by atomic mass is 9.96. The predicted octanol–water partition coefficient (Wildman–Crippen LogP) is -4.86. The fourth-order valence-corrected chi connectivity index (χ4v) is 4.12. The fraction of sp³-hybridized carbons (Fsp3) is 1.00. The zero-order valence-corrected chi connectivity index (χ0v) is 18.4. The van der Waals surface area contributed by atoms with Gasteiger partial charge in [0.2, 0.25) is 0 Å². The summed E-state index contributed by atoms with van der Waals surface area (Å²) in [7, 11) is 1.24. The molecule has 194 valence electrons. The molecule has 33 heavy (non-hydrogen) atoms. The van der Waals surface area contributed by atoms with Gasteiger partial charge in [-0.05, 0) is 13.8 Å². The van der Waals surface area contributed by atoms with E-state index in [1.807, 2.05) is 0 Å². The van der Waals surface area contributed by atoms with Crippen molar-refractivity contribution in [3.05, 3.63) is 0 Å². The van der Waals surface area contributed by atoms with Crippen LogP contribution >= 0.6 is 0 Å². The van der Waals surface area contributed by atoms with Gasteiger partial charge in [0.25, 0.3) is 0 Å². The van der Waals surface area contributed by atoms with Crippen LogP contribution in [0, 0.1) is 0 Å². The number of rotatable bonds is 6. The minimum absolute atomic E-state index is 0.646. The Balaban J connectivity index is 1.85. The number of aliphatic hydroxyl groups excluding tert-OH is 8. The van der Waals surface area contributed by atoms with Gasteiger partial charge in [0.1, 0.15) is 61.0 Å². The van der Waals surface area contributed by atoms with Gasteiger partial charge in [-0.3, -0.25) is 0 Å². The van der Waals surface area contributed by atoms with Crippen LogP contribution in [0.1, 0.15) is 13.8 Å². The molecule has 3 fully saturated rings. The van der Waals surface area contributed by atoms with Gasteiger partial charge in [-0.1, -0.05) is 0 Å². The zero-order valence-electron chi connectivity index (χ0n) is 18.4. The van der Waals surface area contributed by atoms with Crippen molar-refractivity contribution in [2.45, 2.75) is 106 Å². The van der Waals surface area contributed by atoms with E-state index in [-0.39, 0.29) is 0 Å². The summed E-state index contributed by atoms with van der Waals surface area (Å²) < 4.78 is 32.9. The average molecular weight is 486 g/mol. The number of ether oxygens (including phenoxy) is 6. The molecule has 14 heteroatoms. The molecule has 0 aromatic heterocycles. The Labute approximate surface area is 189 Å². The third-order valence-corrected chi connectivity index (χ3v) is 6.23. The first-order valence-electron chi connectivity index (χ1n) is 10.7. The van der Waals surface area contributed by atoms with E-state index in [4.69, 9.17) is 28.4 Å². The number of hydrogen-bond donors (Lipinski definition) is 8. The smallest absolute Gasteiger partial charge is 0.187 e. The molecule has 0 aromatic rings. The van der Waals surface area contributed by atoms with E-state index in [0.29, 0.717) is 0 Å². The van der Waals surface area contributed by atoms with Crippen molar-refractivity contribution < 1.29 is 69.3 Å². The lowest BCUT2D eigenvalue weighted by molar-refractivity contribution is -0.382. The molecule has 8 N–H and O–H groups in total. The Bertz CT molecular complexity index is 625. The van der Waals surface area contributed by atoms with Gasteiger partial charge in [-0.2, -0.15) is 0 Å². The highest BCUT2D eigenvalue weighted by Crippen LogP contribution is 2.33. The highest BCUT2D eigenvalue weighted by Gasteiger charge is 2.53. The van der Waals surface area contributed by atoms with E-state index < -0.39 is 98.7 Å². The van der Waals surface area contributed by atoms with Crippen LogP contribution in [0.25, 0.3) is 0 Å². The Kier molecular flexibility index (Phi) is 9.02. The maximum absolute atomic E-state index is 10.8. The number of hydrogen-bond acceptors (Lipinski definition) is 14. The summed E-state index contributed by atoms with van der Waals surface area (Å²) in [6.07, 6.45) is -21.1. The average Bonchev–Trinajstić information content (AvgIpc) is 2.80. The van der Waals surface area contributed by atoms with Gasteiger partial charge in [0.05, 0.1) is 18.8 Å². The van der Waals surface area contributed by atoms with Gasteiger partial charge in [0.15, 0.2) is 18.9 Å². The Morgan fingerprint density at radius 1 is 0.576 bits per heavy atom. The van der Waals surface area contributed by atoms with E-state index in [1.165, 1.54) is 21.0 Å². The van der Waals surface area contributed by atoms with Crippen molar-refractivity contribution in [3.63, 3.8) is 0 Å². The summed E-state index contributed by atoms with van der Waals surface area (Å²) in [4.78, 5) is 0. The molecule has 0 amide bonds. The van der Waals surface area contributed by atoms with Crippen LogP contribution in [-0.2, 0) is 28.4 Å². The first kappa shape index (κ1) is 27.0. The van der Waals surface area contributed by atoms with Gasteiger partial charge < -0.3 is 69.3 Å². The topological polar surface area (TPSA) is 217 Å². The van der Waals surface area contributed by atoms with Crippen LogP contribution in [-0.4, -0.2) is 147 Å². The monoisotopic (exact) mass is 486 g/mol. The SMILES string of the molecule is CO[C@H]1O[C@H](CO)[C@H](O[C@H]2O[C@@H](C)[C@@H](O)[C@@H](O)[C@@H]2O)[C@H](O[C@@H]2O[C@@H](C)[C@@H](O)[C@@H](O)[C@@H]2O)[C@H]1O. The summed E-state index contributed by atoms with van der Waals surface area (Å²) >= 11 is 0.